The smallest absolute Gasteiger partial charge is 0.0601 e. The molecular formula is C14H23N3O. The van der Waals surface area contributed by atoms with Gasteiger partial charge in [0.15, 0.2) is 0 Å². The highest BCUT2D eigenvalue weighted by atomic mass is 16.5. The number of nitrogens with two attached hydrogens (primary N) is 1. The molecule has 0 aliphatic carbocycles. The summed E-state index contributed by atoms with van der Waals surface area (Å²) in [6.07, 6.45) is 4.20. The molecule has 2 heterocycles. The first-order valence-corrected chi connectivity index (χ1v) is 6.58. The van der Waals surface area contributed by atoms with Gasteiger partial charge in [0.05, 0.1) is 18.2 Å². The fraction of sp³-hybridized carbons (Fsp3) is 0.643. The van der Waals surface area contributed by atoms with Crippen molar-refractivity contribution in [2.24, 2.45) is 17.7 Å². The molecule has 5 atom stereocenters. The van der Waals surface area contributed by atoms with E-state index in [4.69, 9.17) is 10.6 Å². The second-order valence-electron chi connectivity index (χ2n) is 5.36. The van der Waals surface area contributed by atoms with E-state index >= 15 is 0 Å². The van der Waals surface area contributed by atoms with E-state index in [0.717, 1.165) is 0 Å². The molecule has 1 aromatic rings. The van der Waals surface area contributed by atoms with E-state index in [1.54, 1.807) is 0 Å². The van der Waals surface area contributed by atoms with Gasteiger partial charge in [-0.2, -0.15) is 0 Å². The number of hydrazine groups is 1. The number of nitrogens with zero attached hydrogens (tertiary/aromatic N) is 1. The van der Waals surface area contributed by atoms with Crippen LogP contribution < -0.4 is 11.3 Å². The molecule has 1 fully saturated rings. The van der Waals surface area contributed by atoms with Crippen LogP contribution in [-0.2, 0) is 4.74 Å². The number of pyridine rings is 1. The number of hydrogen-bond donors (Lipinski definition) is 2. The summed E-state index contributed by atoms with van der Waals surface area (Å²) in [5.74, 6) is 6.63. The van der Waals surface area contributed by atoms with Crippen molar-refractivity contribution in [1.29, 1.82) is 0 Å². The van der Waals surface area contributed by atoms with Crippen LogP contribution in [0, 0.1) is 18.8 Å². The van der Waals surface area contributed by atoms with Gasteiger partial charge in [-0.05, 0) is 43.9 Å². The summed E-state index contributed by atoms with van der Waals surface area (Å²) in [7, 11) is 0. The molecule has 4 nitrogen and oxygen atoms in total. The number of ether oxygens (including phenoxy) is 1. The summed E-state index contributed by atoms with van der Waals surface area (Å²) in [6.45, 7) is 8.58. The van der Waals surface area contributed by atoms with Crippen molar-refractivity contribution >= 4 is 0 Å². The predicted octanol–water partition coefficient (Wildman–Crippen LogP) is 1.95. The van der Waals surface area contributed by atoms with Crippen LogP contribution in [0.2, 0.25) is 0 Å². The molecule has 1 aromatic heterocycles. The molecule has 1 aliphatic heterocycles. The molecule has 0 saturated carbocycles. The quantitative estimate of drug-likeness (QED) is 0.635. The number of rotatable bonds is 3. The van der Waals surface area contributed by atoms with Crippen LogP contribution in [-0.4, -0.2) is 17.2 Å². The van der Waals surface area contributed by atoms with Gasteiger partial charge in [-0.25, -0.2) is 0 Å². The third-order valence-corrected chi connectivity index (χ3v) is 4.30. The highest BCUT2D eigenvalue weighted by Crippen LogP contribution is 2.40. The maximum Gasteiger partial charge on any atom is 0.0601 e. The zero-order chi connectivity index (χ0) is 13.3. The lowest BCUT2D eigenvalue weighted by Gasteiger charge is -2.29. The predicted molar refractivity (Wildman–Crippen MR) is 71.7 cm³/mol. The van der Waals surface area contributed by atoms with Gasteiger partial charge < -0.3 is 4.74 Å². The Morgan fingerprint density at radius 1 is 1.33 bits per heavy atom. The minimum Gasteiger partial charge on any atom is -0.375 e. The summed E-state index contributed by atoms with van der Waals surface area (Å²) in [6, 6.07) is 2.11. The average Bonchev–Trinajstić information content (AvgIpc) is 2.59. The molecule has 5 unspecified atom stereocenters. The van der Waals surface area contributed by atoms with Crippen molar-refractivity contribution in [1.82, 2.24) is 10.4 Å². The molecule has 2 rings (SSSR count). The Kier molecular flexibility index (Phi) is 4.00. The van der Waals surface area contributed by atoms with Crippen molar-refractivity contribution in [2.45, 2.75) is 45.9 Å². The maximum atomic E-state index is 5.91. The Labute approximate surface area is 109 Å². The molecule has 0 aromatic carbocycles. The Morgan fingerprint density at radius 3 is 2.56 bits per heavy atom. The lowest BCUT2D eigenvalue weighted by Crippen LogP contribution is -2.39. The van der Waals surface area contributed by atoms with E-state index in [9.17, 15) is 0 Å². The third kappa shape index (κ3) is 2.28. The second-order valence-corrected chi connectivity index (χ2v) is 5.36. The summed E-state index contributed by atoms with van der Waals surface area (Å²) in [4.78, 5) is 4.22. The average molecular weight is 249 g/mol. The first-order valence-electron chi connectivity index (χ1n) is 6.58. The number of aromatic nitrogens is 1. The molecule has 100 valence electrons. The number of aryl methyl sites for hydroxylation is 1. The number of hydrogen-bond acceptors (Lipinski definition) is 4. The van der Waals surface area contributed by atoms with Crippen molar-refractivity contribution < 1.29 is 4.74 Å². The summed E-state index contributed by atoms with van der Waals surface area (Å²) in [5.41, 5.74) is 5.35. The van der Waals surface area contributed by atoms with Crippen molar-refractivity contribution in [3.8, 4) is 0 Å². The fourth-order valence-electron chi connectivity index (χ4n) is 3.08. The van der Waals surface area contributed by atoms with Gasteiger partial charge in [0, 0.05) is 18.3 Å². The summed E-state index contributed by atoms with van der Waals surface area (Å²) >= 11 is 0. The zero-order valence-corrected chi connectivity index (χ0v) is 11.6. The van der Waals surface area contributed by atoms with E-state index in [2.05, 4.69) is 38.1 Å². The monoisotopic (exact) mass is 249 g/mol. The van der Waals surface area contributed by atoms with Gasteiger partial charge in [-0.1, -0.05) is 6.92 Å². The lowest BCUT2D eigenvalue weighted by molar-refractivity contribution is 0.0474. The normalized spacial score (nSPS) is 33.6. The SMILES string of the molecule is Cc1ccncc1C(NN)C1C(C)OC(C)C1C. The number of nitrogens with one attached hydrogen (secondary N) is 1. The second kappa shape index (κ2) is 5.34. The summed E-state index contributed by atoms with van der Waals surface area (Å²) < 4.78 is 5.91. The van der Waals surface area contributed by atoms with Gasteiger partial charge in [-0.3, -0.25) is 16.3 Å². The Balaban J connectivity index is 2.32. The molecule has 18 heavy (non-hydrogen) atoms. The van der Waals surface area contributed by atoms with Crippen molar-refractivity contribution in [2.75, 3.05) is 0 Å². The minimum absolute atomic E-state index is 0.0913. The molecular weight excluding hydrogens is 226 g/mol. The molecule has 4 heteroatoms. The van der Waals surface area contributed by atoms with E-state index in [1.807, 2.05) is 18.5 Å². The molecule has 1 saturated heterocycles. The topological polar surface area (TPSA) is 60.2 Å². The Morgan fingerprint density at radius 2 is 2.06 bits per heavy atom. The molecule has 0 radical (unpaired) electrons. The molecule has 1 aliphatic rings. The molecule has 0 amide bonds. The first-order chi connectivity index (χ1) is 8.56. The first kappa shape index (κ1) is 13.5. The fourth-order valence-corrected chi connectivity index (χ4v) is 3.08. The van der Waals surface area contributed by atoms with Crippen LogP contribution in [0.25, 0.3) is 0 Å². The van der Waals surface area contributed by atoms with Gasteiger partial charge >= 0.3 is 0 Å². The van der Waals surface area contributed by atoms with Crippen molar-refractivity contribution in [3.63, 3.8) is 0 Å². The van der Waals surface area contributed by atoms with Crippen LogP contribution in [0.3, 0.4) is 0 Å². The highest BCUT2D eigenvalue weighted by molar-refractivity contribution is 5.26. The lowest BCUT2D eigenvalue weighted by atomic mass is 9.80. The third-order valence-electron chi connectivity index (χ3n) is 4.30. The van der Waals surface area contributed by atoms with E-state index in [0.29, 0.717) is 11.8 Å². The van der Waals surface area contributed by atoms with E-state index in [-0.39, 0.29) is 18.2 Å². The van der Waals surface area contributed by atoms with Gasteiger partial charge in [0.1, 0.15) is 0 Å². The molecule has 0 spiro atoms. The van der Waals surface area contributed by atoms with Crippen LogP contribution in [0.5, 0.6) is 0 Å². The van der Waals surface area contributed by atoms with Crippen LogP contribution >= 0.6 is 0 Å². The van der Waals surface area contributed by atoms with Crippen LogP contribution in [0.1, 0.15) is 37.9 Å². The van der Waals surface area contributed by atoms with Gasteiger partial charge in [0.25, 0.3) is 0 Å². The molecule has 0 bridgehead atoms. The van der Waals surface area contributed by atoms with Crippen LogP contribution in [0.15, 0.2) is 18.5 Å². The standard InChI is InChI=1S/C14H23N3O/c1-8-5-6-16-7-12(8)14(17-15)13-9(2)10(3)18-11(13)4/h5-7,9-11,13-14,17H,15H2,1-4H3. The highest BCUT2D eigenvalue weighted by Gasteiger charge is 2.42. The Hall–Kier alpha value is -0.970. The molecule has 3 N–H and O–H groups in total. The minimum atomic E-state index is 0.0913. The van der Waals surface area contributed by atoms with Crippen LogP contribution in [0.4, 0.5) is 0 Å². The Bertz CT molecular complexity index is 410. The van der Waals surface area contributed by atoms with Gasteiger partial charge in [0.2, 0.25) is 0 Å². The van der Waals surface area contributed by atoms with E-state index in [1.165, 1.54) is 11.1 Å². The zero-order valence-electron chi connectivity index (χ0n) is 11.6. The maximum absolute atomic E-state index is 5.91. The summed E-state index contributed by atoms with van der Waals surface area (Å²) in [5, 5.41) is 0. The van der Waals surface area contributed by atoms with E-state index < -0.39 is 0 Å². The largest absolute Gasteiger partial charge is 0.375 e. The van der Waals surface area contributed by atoms with Gasteiger partial charge in [-0.15, -0.1) is 0 Å². The van der Waals surface area contributed by atoms with Crippen molar-refractivity contribution in [3.05, 3.63) is 29.6 Å².